The molecule has 0 radical (unpaired) electrons. The van der Waals surface area contributed by atoms with Gasteiger partial charge in [-0.3, -0.25) is 10.1 Å². The number of hydrogen-bond acceptors (Lipinski definition) is 8. The standard InChI is InChI=1S/C8H6N4O2S3/c1-15-7-10-11-8(17-7)16-6-3-2-5(4-9-6)12(13)14/h2-4H,1H3. The topological polar surface area (TPSA) is 81.8 Å². The maximum absolute atomic E-state index is 10.4. The molecule has 6 nitrogen and oxygen atoms in total. The second-order valence-corrected chi connectivity index (χ2v) is 6.05. The Labute approximate surface area is 109 Å². The lowest BCUT2D eigenvalue weighted by Crippen LogP contribution is -1.89. The van der Waals surface area contributed by atoms with Crippen molar-refractivity contribution < 1.29 is 4.92 Å². The summed E-state index contributed by atoms with van der Waals surface area (Å²) in [6, 6.07) is 3.02. The molecule has 0 bridgehead atoms. The van der Waals surface area contributed by atoms with Gasteiger partial charge in [0.2, 0.25) is 0 Å². The molecule has 0 atom stereocenters. The lowest BCUT2D eigenvalue weighted by molar-refractivity contribution is -0.385. The molecule has 0 saturated heterocycles. The first-order valence-electron chi connectivity index (χ1n) is 4.35. The van der Waals surface area contributed by atoms with Crippen molar-refractivity contribution in [2.75, 3.05) is 6.26 Å². The number of aromatic nitrogens is 3. The van der Waals surface area contributed by atoms with Gasteiger partial charge >= 0.3 is 0 Å². The average molecular weight is 286 g/mol. The maximum Gasteiger partial charge on any atom is 0.287 e. The van der Waals surface area contributed by atoms with Gasteiger partial charge in [-0.05, 0) is 24.1 Å². The third-order valence-corrected chi connectivity index (χ3v) is 4.59. The fourth-order valence-electron chi connectivity index (χ4n) is 0.951. The molecule has 0 saturated carbocycles. The molecule has 0 fully saturated rings. The van der Waals surface area contributed by atoms with E-state index in [0.717, 1.165) is 8.68 Å². The summed E-state index contributed by atoms with van der Waals surface area (Å²) in [6.07, 6.45) is 3.16. The molecule has 0 amide bonds. The second-order valence-electron chi connectivity index (χ2n) is 2.75. The molecule has 2 rings (SSSR count). The van der Waals surface area contributed by atoms with Crippen LogP contribution in [0.2, 0.25) is 0 Å². The molecule has 17 heavy (non-hydrogen) atoms. The highest BCUT2D eigenvalue weighted by atomic mass is 32.2. The van der Waals surface area contributed by atoms with E-state index in [1.165, 1.54) is 47.1 Å². The molecule has 0 spiro atoms. The Bertz CT molecular complexity index is 528. The number of nitro groups is 1. The summed E-state index contributed by atoms with van der Waals surface area (Å²) < 4.78 is 1.66. The van der Waals surface area contributed by atoms with Crippen LogP contribution in [0.3, 0.4) is 0 Å². The number of hydrogen-bond donors (Lipinski definition) is 0. The minimum absolute atomic E-state index is 0.0172. The van der Waals surface area contributed by atoms with E-state index in [9.17, 15) is 10.1 Å². The zero-order valence-electron chi connectivity index (χ0n) is 8.56. The molecule has 0 aromatic carbocycles. The normalized spacial score (nSPS) is 10.4. The molecule has 0 unspecified atom stereocenters. The minimum atomic E-state index is -0.474. The van der Waals surface area contributed by atoms with E-state index in [1.807, 2.05) is 6.26 Å². The van der Waals surface area contributed by atoms with E-state index in [1.54, 1.807) is 6.07 Å². The van der Waals surface area contributed by atoms with Gasteiger partial charge in [-0.2, -0.15) is 0 Å². The fourth-order valence-corrected chi connectivity index (χ4v) is 3.28. The highest BCUT2D eigenvalue weighted by Gasteiger charge is 2.09. The lowest BCUT2D eigenvalue weighted by Gasteiger charge is -1.95. The van der Waals surface area contributed by atoms with Crippen molar-refractivity contribution in [3.8, 4) is 0 Å². The monoisotopic (exact) mass is 286 g/mol. The molecule has 0 N–H and O–H groups in total. The van der Waals surface area contributed by atoms with Crippen LogP contribution in [-0.2, 0) is 0 Å². The van der Waals surface area contributed by atoms with Crippen LogP contribution < -0.4 is 0 Å². The first-order chi connectivity index (χ1) is 8.19. The largest absolute Gasteiger partial charge is 0.287 e. The predicted octanol–water partition coefficient (Wildman–Crippen LogP) is 2.71. The van der Waals surface area contributed by atoms with Gasteiger partial charge < -0.3 is 0 Å². The maximum atomic E-state index is 10.4. The summed E-state index contributed by atoms with van der Waals surface area (Å²) in [5.74, 6) is 0. The van der Waals surface area contributed by atoms with Gasteiger partial charge in [0.1, 0.15) is 11.2 Å². The molecular formula is C8H6N4O2S3. The number of nitrogens with zero attached hydrogens (tertiary/aromatic N) is 4. The van der Waals surface area contributed by atoms with Crippen LogP contribution in [-0.4, -0.2) is 26.4 Å². The Morgan fingerprint density at radius 3 is 2.65 bits per heavy atom. The van der Waals surface area contributed by atoms with Crippen LogP contribution in [0.5, 0.6) is 0 Å². The first kappa shape index (κ1) is 12.3. The van der Waals surface area contributed by atoms with Gasteiger partial charge in [0, 0.05) is 6.07 Å². The number of pyridine rings is 1. The third kappa shape index (κ3) is 3.14. The van der Waals surface area contributed by atoms with E-state index >= 15 is 0 Å². The molecule has 0 aliphatic heterocycles. The summed E-state index contributed by atoms with van der Waals surface area (Å²) in [4.78, 5) is 14.0. The summed E-state index contributed by atoms with van der Waals surface area (Å²) in [5.41, 5.74) is -0.0172. The highest BCUT2D eigenvalue weighted by Crippen LogP contribution is 2.31. The minimum Gasteiger partial charge on any atom is -0.258 e. The van der Waals surface area contributed by atoms with Crippen molar-refractivity contribution in [2.24, 2.45) is 0 Å². The van der Waals surface area contributed by atoms with Crippen molar-refractivity contribution in [2.45, 2.75) is 13.7 Å². The quantitative estimate of drug-likeness (QED) is 0.485. The molecule has 9 heteroatoms. The summed E-state index contributed by atoms with van der Waals surface area (Å²) in [5, 5.41) is 19.0. The number of rotatable bonds is 4. The zero-order chi connectivity index (χ0) is 12.3. The lowest BCUT2D eigenvalue weighted by atomic mass is 10.4. The summed E-state index contributed by atoms with van der Waals surface area (Å²) >= 11 is 4.34. The number of thioether (sulfide) groups is 1. The van der Waals surface area contributed by atoms with Crippen LogP contribution in [0.1, 0.15) is 0 Å². The van der Waals surface area contributed by atoms with E-state index in [-0.39, 0.29) is 5.69 Å². The average Bonchev–Trinajstić information content (AvgIpc) is 2.77. The zero-order valence-corrected chi connectivity index (χ0v) is 11.0. The van der Waals surface area contributed by atoms with Crippen molar-refractivity contribution in [3.63, 3.8) is 0 Å². The van der Waals surface area contributed by atoms with Gasteiger partial charge in [0.05, 0.1) is 4.92 Å². The molecule has 2 aromatic rings. The van der Waals surface area contributed by atoms with Crippen molar-refractivity contribution in [1.82, 2.24) is 15.2 Å². The Morgan fingerprint density at radius 2 is 2.12 bits per heavy atom. The van der Waals surface area contributed by atoms with Crippen molar-refractivity contribution in [3.05, 3.63) is 28.4 Å². The SMILES string of the molecule is CSc1nnc(Sc2ccc([N+](=O)[O-])cn2)s1. The molecule has 0 aliphatic rings. The molecule has 2 aromatic heterocycles. The van der Waals surface area contributed by atoms with Crippen molar-refractivity contribution in [1.29, 1.82) is 0 Å². The Morgan fingerprint density at radius 1 is 1.35 bits per heavy atom. The van der Waals surface area contributed by atoms with E-state index in [4.69, 9.17) is 0 Å². The molecular weight excluding hydrogens is 280 g/mol. The fraction of sp³-hybridized carbons (Fsp3) is 0.125. The predicted molar refractivity (Wildman–Crippen MR) is 66.7 cm³/mol. The van der Waals surface area contributed by atoms with Crippen molar-refractivity contribution >= 4 is 40.5 Å². The second kappa shape index (κ2) is 5.43. The summed E-state index contributed by atoms with van der Waals surface area (Å²) in [7, 11) is 0. The van der Waals surface area contributed by atoms with E-state index in [2.05, 4.69) is 15.2 Å². The summed E-state index contributed by atoms with van der Waals surface area (Å²) in [6.45, 7) is 0. The first-order valence-corrected chi connectivity index (χ1v) is 7.20. The van der Waals surface area contributed by atoms with Gasteiger partial charge in [0.15, 0.2) is 8.68 Å². The van der Waals surface area contributed by atoms with Gasteiger partial charge in [-0.1, -0.05) is 23.1 Å². The Hall–Kier alpha value is -1.19. The third-order valence-electron chi connectivity index (χ3n) is 1.69. The molecule has 2 heterocycles. The van der Waals surface area contributed by atoms with Gasteiger partial charge in [-0.25, -0.2) is 4.98 Å². The van der Waals surface area contributed by atoms with E-state index in [0.29, 0.717) is 5.03 Å². The molecule has 88 valence electrons. The van der Waals surface area contributed by atoms with Crippen LogP contribution in [0.4, 0.5) is 5.69 Å². The smallest absolute Gasteiger partial charge is 0.258 e. The van der Waals surface area contributed by atoms with Gasteiger partial charge in [0.25, 0.3) is 5.69 Å². The van der Waals surface area contributed by atoms with Crippen LogP contribution in [0.15, 0.2) is 32.0 Å². The van der Waals surface area contributed by atoms with E-state index < -0.39 is 4.92 Å². The Kier molecular flexibility index (Phi) is 3.92. The van der Waals surface area contributed by atoms with Crippen LogP contribution >= 0.6 is 34.9 Å². The van der Waals surface area contributed by atoms with Crippen LogP contribution in [0.25, 0.3) is 0 Å². The van der Waals surface area contributed by atoms with Crippen LogP contribution in [0, 0.1) is 10.1 Å². The highest BCUT2D eigenvalue weighted by molar-refractivity contribution is 8.02. The van der Waals surface area contributed by atoms with Gasteiger partial charge in [-0.15, -0.1) is 10.2 Å². The Balaban J connectivity index is 2.10. The molecule has 0 aliphatic carbocycles.